The number of rotatable bonds is 7. The van der Waals surface area contributed by atoms with Crippen molar-refractivity contribution < 1.29 is 4.79 Å². The van der Waals surface area contributed by atoms with Gasteiger partial charge in [-0.1, -0.05) is 36.4 Å². The van der Waals surface area contributed by atoms with Gasteiger partial charge >= 0.3 is 6.03 Å². The number of benzene rings is 2. The average molecular weight is 381 g/mol. The summed E-state index contributed by atoms with van der Waals surface area (Å²) in [4.78, 5) is 13.3. The molecule has 6 heteroatoms. The maximum atomic E-state index is 12.1. The van der Waals surface area contributed by atoms with Crippen LogP contribution in [0, 0.1) is 13.8 Å². The molecule has 0 aliphatic carbocycles. The Bertz CT molecular complexity index is 878. The summed E-state index contributed by atoms with van der Waals surface area (Å²) >= 11 is 1.73. The van der Waals surface area contributed by atoms with Crippen LogP contribution in [-0.4, -0.2) is 28.1 Å². The minimum absolute atomic E-state index is 0.157. The predicted molar refractivity (Wildman–Crippen MR) is 110 cm³/mol. The lowest BCUT2D eigenvalue weighted by Gasteiger charge is -2.09. The average Bonchev–Trinajstić information content (AvgIpc) is 2.99. The zero-order chi connectivity index (χ0) is 19.1. The first-order valence-electron chi connectivity index (χ1n) is 8.95. The first-order chi connectivity index (χ1) is 13.1. The van der Waals surface area contributed by atoms with E-state index in [-0.39, 0.29) is 6.03 Å². The van der Waals surface area contributed by atoms with Gasteiger partial charge in [0, 0.05) is 35.0 Å². The maximum absolute atomic E-state index is 12.1. The Morgan fingerprint density at radius 2 is 1.67 bits per heavy atom. The van der Waals surface area contributed by atoms with Crippen LogP contribution in [0.15, 0.2) is 65.6 Å². The van der Waals surface area contributed by atoms with E-state index >= 15 is 0 Å². The van der Waals surface area contributed by atoms with Crippen molar-refractivity contribution in [3.05, 3.63) is 77.6 Å². The van der Waals surface area contributed by atoms with Crippen molar-refractivity contribution in [3.8, 4) is 5.69 Å². The van der Waals surface area contributed by atoms with Gasteiger partial charge in [0.25, 0.3) is 0 Å². The van der Waals surface area contributed by atoms with Crippen LogP contribution >= 0.6 is 11.8 Å². The van der Waals surface area contributed by atoms with Gasteiger partial charge < -0.3 is 10.6 Å². The lowest BCUT2D eigenvalue weighted by Crippen LogP contribution is -2.36. The Morgan fingerprint density at radius 3 is 2.37 bits per heavy atom. The molecule has 140 valence electrons. The van der Waals surface area contributed by atoms with E-state index in [0.29, 0.717) is 13.1 Å². The monoisotopic (exact) mass is 380 g/mol. The van der Waals surface area contributed by atoms with Gasteiger partial charge in [-0.15, -0.1) is 11.8 Å². The Balaban J connectivity index is 1.48. The van der Waals surface area contributed by atoms with E-state index < -0.39 is 0 Å². The molecule has 3 aromatic rings. The van der Waals surface area contributed by atoms with E-state index in [1.54, 1.807) is 11.8 Å². The molecule has 0 aliphatic rings. The minimum atomic E-state index is -0.157. The van der Waals surface area contributed by atoms with E-state index in [0.717, 1.165) is 28.4 Å². The van der Waals surface area contributed by atoms with Crippen LogP contribution in [0.3, 0.4) is 0 Å². The number of urea groups is 1. The van der Waals surface area contributed by atoms with Crippen molar-refractivity contribution in [3.63, 3.8) is 0 Å². The van der Waals surface area contributed by atoms with E-state index in [2.05, 4.69) is 27.9 Å². The fourth-order valence-electron chi connectivity index (χ4n) is 2.83. The molecule has 2 N–H and O–H groups in total. The second-order valence-electron chi connectivity index (χ2n) is 6.17. The van der Waals surface area contributed by atoms with Gasteiger partial charge in [-0.05, 0) is 38.1 Å². The van der Waals surface area contributed by atoms with Crippen LogP contribution < -0.4 is 10.6 Å². The molecule has 0 saturated heterocycles. The van der Waals surface area contributed by atoms with Crippen molar-refractivity contribution in [2.45, 2.75) is 25.3 Å². The fourth-order valence-corrected chi connectivity index (χ4v) is 3.62. The topological polar surface area (TPSA) is 59.0 Å². The lowest BCUT2D eigenvalue weighted by molar-refractivity contribution is 0.241. The third-order valence-corrected chi connectivity index (χ3v) is 5.28. The zero-order valence-electron chi connectivity index (χ0n) is 15.6. The quantitative estimate of drug-likeness (QED) is 0.480. The Kier molecular flexibility index (Phi) is 6.54. The van der Waals surface area contributed by atoms with Gasteiger partial charge in [0.2, 0.25) is 0 Å². The first kappa shape index (κ1) is 19.0. The van der Waals surface area contributed by atoms with Crippen molar-refractivity contribution in [1.29, 1.82) is 0 Å². The molecule has 1 heterocycles. The highest BCUT2D eigenvalue weighted by atomic mass is 32.2. The molecule has 0 aliphatic heterocycles. The van der Waals surface area contributed by atoms with E-state index in [9.17, 15) is 4.79 Å². The zero-order valence-corrected chi connectivity index (χ0v) is 16.4. The Labute approximate surface area is 164 Å². The molecule has 0 spiro atoms. The molecule has 5 nitrogen and oxygen atoms in total. The molecule has 27 heavy (non-hydrogen) atoms. The standard InChI is InChI=1S/C21H24N4OS/c1-16-20(17(2)25(24-16)18-9-5-3-6-10-18)15-23-21(26)22-13-14-27-19-11-7-4-8-12-19/h3-12H,13-15H2,1-2H3,(H2,22,23,26). The summed E-state index contributed by atoms with van der Waals surface area (Å²) in [5.74, 6) is 0.835. The first-order valence-corrected chi connectivity index (χ1v) is 9.94. The predicted octanol–water partition coefficient (Wildman–Crippen LogP) is 4.08. The van der Waals surface area contributed by atoms with Crippen LogP contribution in [0.1, 0.15) is 17.0 Å². The molecule has 0 atom stereocenters. The van der Waals surface area contributed by atoms with Crippen molar-refractivity contribution >= 4 is 17.8 Å². The van der Waals surface area contributed by atoms with Crippen LogP contribution in [0.4, 0.5) is 4.79 Å². The van der Waals surface area contributed by atoms with Crippen LogP contribution in [0.5, 0.6) is 0 Å². The number of nitrogens with one attached hydrogen (secondary N) is 2. The van der Waals surface area contributed by atoms with Gasteiger partial charge in [-0.2, -0.15) is 5.10 Å². The molecule has 2 amide bonds. The number of aryl methyl sites for hydroxylation is 1. The molecule has 0 fully saturated rings. The van der Waals surface area contributed by atoms with Gasteiger partial charge in [0.05, 0.1) is 11.4 Å². The van der Waals surface area contributed by atoms with Crippen molar-refractivity contribution in [2.24, 2.45) is 0 Å². The Hall–Kier alpha value is -2.73. The third-order valence-electron chi connectivity index (χ3n) is 4.27. The number of thioether (sulfide) groups is 1. The normalized spacial score (nSPS) is 10.6. The lowest BCUT2D eigenvalue weighted by atomic mass is 10.2. The smallest absolute Gasteiger partial charge is 0.315 e. The van der Waals surface area contributed by atoms with Crippen LogP contribution in [0.2, 0.25) is 0 Å². The second-order valence-corrected chi connectivity index (χ2v) is 7.34. The van der Waals surface area contributed by atoms with Gasteiger partial charge in [-0.3, -0.25) is 0 Å². The van der Waals surface area contributed by atoms with Crippen LogP contribution in [0.25, 0.3) is 5.69 Å². The molecule has 0 radical (unpaired) electrons. The van der Waals surface area contributed by atoms with E-state index in [4.69, 9.17) is 0 Å². The number of aromatic nitrogens is 2. The summed E-state index contributed by atoms with van der Waals surface area (Å²) in [6.07, 6.45) is 0. The fraction of sp³-hybridized carbons (Fsp3) is 0.238. The number of hydrogen-bond acceptors (Lipinski definition) is 3. The maximum Gasteiger partial charge on any atom is 0.315 e. The largest absolute Gasteiger partial charge is 0.337 e. The summed E-state index contributed by atoms with van der Waals surface area (Å²) in [6, 6.07) is 20.0. The summed E-state index contributed by atoms with van der Waals surface area (Å²) < 4.78 is 1.92. The number of carbonyl (C=O) groups excluding carboxylic acids is 1. The molecular weight excluding hydrogens is 356 g/mol. The summed E-state index contributed by atoms with van der Waals surface area (Å²) in [5.41, 5.74) is 4.04. The SMILES string of the molecule is Cc1nn(-c2ccccc2)c(C)c1CNC(=O)NCCSc1ccccc1. The molecule has 0 unspecified atom stereocenters. The van der Waals surface area contributed by atoms with E-state index in [1.165, 1.54) is 4.90 Å². The molecule has 3 rings (SSSR count). The third kappa shape index (κ3) is 5.14. The number of hydrogen-bond donors (Lipinski definition) is 2. The summed E-state index contributed by atoms with van der Waals surface area (Å²) in [6.45, 7) is 5.07. The highest BCUT2D eigenvalue weighted by molar-refractivity contribution is 7.99. The van der Waals surface area contributed by atoms with Gasteiger partial charge in [0.1, 0.15) is 0 Å². The molecular formula is C21H24N4OS. The number of amides is 2. The Morgan fingerprint density at radius 1 is 1.00 bits per heavy atom. The molecule has 1 aromatic heterocycles. The minimum Gasteiger partial charge on any atom is -0.337 e. The van der Waals surface area contributed by atoms with Gasteiger partial charge in [0.15, 0.2) is 0 Å². The van der Waals surface area contributed by atoms with Crippen molar-refractivity contribution in [2.75, 3.05) is 12.3 Å². The van der Waals surface area contributed by atoms with Gasteiger partial charge in [-0.25, -0.2) is 9.48 Å². The van der Waals surface area contributed by atoms with E-state index in [1.807, 2.05) is 67.1 Å². The number of para-hydroxylation sites is 1. The second kappa shape index (κ2) is 9.28. The van der Waals surface area contributed by atoms with Crippen LogP contribution in [-0.2, 0) is 6.54 Å². The molecule has 0 bridgehead atoms. The highest BCUT2D eigenvalue weighted by Crippen LogP contribution is 2.18. The number of nitrogens with zero attached hydrogens (tertiary/aromatic N) is 2. The van der Waals surface area contributed by atoms with Crippen molar-refractivity contribution in [1.82, 2.24) is 20.4 Å². The summed E-state index contributed by atoms with van der Waals surface area (Å²) in [5, 5.41) is 10.4. The molecule has 0 saturated carbocycles. The highest BCUT2D eigenvalue weighted by Gasteiger charge is 2.13. The summed E-state index contributed by atoms with van der Waals surface area (Å²) in [7, 11) is 0. The molecule has 2 aromatic carbocycles. The number of carbonyl (C=O) groups is 1.